The van der Waals surface area contributed by atoms with E-state index in [0.29, 0.717) is 0 Å². The van der Waals surface area contributed by atoms with E-state index in [9.17, 15) is 23.1 Å². The quantitative estimate of drug-likeness (QED) is 0.645. The molecule has 0 fully saturated rings. The molecule has 0 aromatic rings. The summed E-state index contributed by atoms with van der Waals surface area (Å²) in [6.07, 6.45) is -4.47. The Morgan fingerprint density at radius 1 is 1.35 bits per heavy atom. The van der Waals surface area contributed by atoms with E-state index in [0.717, 1.165) is 18.9 Å². The second-order valence-electron chi connectivity index (χ2n) is 3.81. The van der Waals surface area contributed by atoms with E-state index < -0.39 is 37.4 Å². The van der Waals surface area contributed by atoms with Gasteiger partial charge in [-0.25, -0.2) is 4.79 Å². The maximum absolute atomic E-state index is 12.2. The molecule has 0 saturated heterocycles. The van der Waals surface area contributed by atoms with Gasteiger partial charge < -0.3 is 14.9 Å². The van der Waals surface area contributed by atoms with Crippen molar-refractivity contribution in [2.24, 2.45) is 0 Å². The minimum atomic E-state index is -4.47. The van der Waals surface area contributed by atoms with Gasteiger partial charge in [0.05, 0.1) is 20.3 Å². The molecule has 1 atom stereocenters. The minimum absolute atomic E-state index is 0.299. The summed E-state index contributed by atoms with van der Waals surface area (Å²) in [6.45, 7) is -1.64. The summed E-state index contributed by atoms with van der Waals surface area (Å²) < 4.78 is 40.8. The van der Waals surface area contributed by atoms with E-state index in [1.165, 1.54) is 0 Å². The van der Waals surface area contributed by atoms with Gasteiger partial charge in [0.1, 0.15) is 0 Å². The Kier molecular flexibility index (Phi) is 5.86. The van der Waals surface area contributed by atoms with Crippen LogP contribution < -0.4 is 0 Å². The number of hydrogen-bond acceptors (Lipinski definition) is 5. The van der Waals surface area contributed by atoms with Gasteiger partial charge in [-0.15, -0.1) is 0 Å². The number of alkyl halides is 3. The van der Waals surface area contributed by atoms with E-state index >= 15 is 0 Å². The predicted molar refractivity (Wildman–Crippen MR) is 52.2 cm³/mol. The number of carbonyl (C=O) groups excluding carboxylic acids is 1. The summed E-state index contributed by atoms with van der Waals surface area (Å²) in [7, 11) is 1.02. The fourth-order valence-corrected chi connectivity index (χ4v) is 1.33. The topological polar surface area (TPSA) is 70.0 Å². The molecule has 0 rings (SSSR count). The van der Waals surface area contributed by atoms with Gasteiger partial charge in [0, 0.05) is 13.1 Å². The fourth-order valence-electron chi connectivity index (χ4n) is 1.33. The number of hydrogen-bond donors (Lipinski definition) is 2. The molecule has 0 bridgehead atoms. The molecule has 0 aliphatic rings. The first-order valence-electron chi connectivity index (χ1n) is 4.83. The SMILES string of the molecule is COC(=O)C(C)(O)CN(CCO)CC(F)(F)F. The molecule has 0 heterocycles. The number of aliphatic hydroxyl groups is 2. The average Bonchev–Trinajstić information content (AvgIpc) is 2.13. The van der Waals surface area contributed by atoms with Crippen molar-refractivity contribution >= 4 is 5.97 Å². The zero-order valence-electron chi connectivity index (χ0n) is 9.62. The minimum Gasteiger partial charge on any atom is -0.467 e. The molecule has 2 N–H and O–H groups in total. The van der Waals surface area contributed by atoms with Gasteiger partial charge in [0.2, 0.25) is 0 Å². The van der Waals surface area contributed by atoms with Crippen molar-refractivity contribution in [3.63, 3.8) is 0 Å². The van der Waals surface area contributed by atoms with Crippen LogP contribution in [0, 0.1) is 0 Å². The van der Waals surface area contributed by atoms with Crippen molar-refractivity contribution in [3.05, 3.63) is 0 Å². The van der Waals surface area contributed by atoms with Crippen LogP contribution >= 0.6 is 0 Å². The van der Waals surface area contributed by atoms with Crippen LogP contribution in [0.4, 0.5) is 13.2 Å². The molecular weight excluding hydrogens is 243 g/mol. The molecule has 102 valence electrons. The van der Waals surface area contributed by atoms with E-state index in [4.69, 9.17) is 5.11 Å². The number of ether oxygens (including phenoxy) is 1. The Bertz CT molecular complexity index is 255. The second kappa shape index (κ2) is 6.18. The van der Waals surface area contributed by atoms with Crippen LogP contribution in [-0.4, -0.2) is 66.2 Å². The third-order valence-corrected chi connectivity index (χ3v) is 1.98. The number of halogens is 3. The number of nitrogens with zero attached hydrogens (tertiary/aromatic N) is 1. The van der Waals surface area contributed by atoms with Crippen LogP contribution in [0.5, 0.6) is 0 Å². The van der Waals surface area contributed by atoms with E-state index in [-0.39, 0.29) is 6.54 Å². The summed E-state index contributed by atoms with van der Waals surface area (Å²) in [5.74, 6) is -1.03. The molecule has 5 nitrogen and oxygen atoms in total. The lowest BCUT2D eigenvalue weighted by Gasteiger charge is -2.29. The summed E-state index contributed by atoms with van der Waals surface area (Å²) in [5, 5.41) is 18.2. The summed E-state index contributed by atoms with van der Waals surface area (Å²) in [4.78, 5) is 11.8. The first-order chi connectivity index (χ1) is 7.62. The first kappa shape index (κ1) is 16.1. The van der Waals surface area contributed by atoms with Gasteiger partial charge in [0.15, 0.2) is 5.60 Å². The van der Waals surface area contributed by atoms with Crippen molar-refractivity contribution in [1.29, 1.82) is 0 Å². The highest BCUT2D eigenvalue weighted by atomic mass is 19.4. The number of esters is 1. The smallest absolute Gasteiger partial charge is 0.401 e. The summed E-state index contributed by atoms with van der Waals surface area (Å²) in [5.41, 5.74) is -2.05. The fraction of sp³-hybridized carbons (Fsp3) is 0.889. The highest BCUT2D eigenvalue weighted by Gasteiger charge is 2.37. The largest absolute Gasteiger partial charge is 0.467 e. The first-order valence-corrected chi connectivity index (χ1v) is 4.83. The monoisotopic (exact) mass is 259 g/mol. The molecule has 0 aliphatic heterocycles. The van der Waals surface area contributed by atoms with Crippen molar-refractivity contribution < 1.29 is 32.9 Å². The highest BCUT2D eigenvalue weighted by molar-refractivity contribution is 5.78. The van der Waals surface area contributed by atoms with Crippen molar-refractivity contribution in [3.8, 4) is 0 Å². The van der Waals surface area contributed by atoms with Crippen LogP contribution in [0.15, 0.2) is 0 Å². The third-order valence-electron chi connectivity index (χ3n) is 1.98. The number of aliphatic hydroxyl groups excluding tert-OH is 1. The average molecular weight is 259 g/mol. The Balaban J connectivity index is 4.58. The molecule has 1 unspecified atom stereocenters. The lowest BCUT2D eigenvalue weighted by atomic mass is 10.1. The molecule has 0 amide bonds. The molecule has 0 radical (unpaired) electrons. The lowest BCUT2D eigenvalue weighted by Crippen LogP contribution is -2.50. The normalized spacial score (nSPS) is 15.8. The number of methoxy groups -OCH3 is 1. The molecule has 0 saturated carbocycles. The van der Waals surface area contributed by atoms with Gasteiger partial charge >= 0.3 is 12.1 Å². The van der Waals surface area contributed by atoms with Gasteiger partial charge in [0.25, 0.3) is 0 Å². The van der Waals surface area contributed by atoms with Crippen molar-refractivity contribution in [2.45, 2.75) is 18.7 Å². The number of rotatable bonds is 6. The summed E-state index contributed by atoms with van der Waals surface area (Å²) >= 11 is 0. The second-order valence-corrected chi connectivity index (χ2v) is 3.81. The van der Waals surface area contributed by atoms with E-state index in [1.54, 1.807) is 0 Å². The molecule has 17 heavy (non-hydrogen) atoms. The molecule has 8 heteroatoms. The van der Waals surface area contributed by atoms with Crippen molar-refractivity contribution in [2.75, 3.05) is 33.4 Å². The van der Waals surface area contributed by atoms with Crippen LogP contribution in [-0.2, 0) is 9.53 Å². The van der Waals surface area contributed by atoms with Gasteiger partial charge in [-0.2, -0.15) is 13.2 Å². The molecule has 0 aromatic carbocycles. The van der Waals surface area contributed by atoms with E-state index in [2.05, 4.69) is 4.74 Å². The molecule has 0 aliphatic carbocycles. The number of carbonyl (C=O) groups is 1. The van der Waals surface area contributed by atoms with Gasteiger partial charge in [-0.05, 0) is 6.92 Å². The maximum Gasteiger partial charge on any atom is 0.401 e. The molecule has 0 spiro atoms. The lowest BCUT2D eigenvalue weighted by molar-refractivity contribution is -0.171. The van der Waals surface area contributed by atoms with Crippen molar-refractivity contribution in [1.82, 2.24) is 4.90 Å². The molecule has 0 aromatic heterocycles. The highest BCUT2D eigenvalue weighted by Crippen LogP contribution is 2.18. The van der Waals surface area contributed by atoms with Gasteiger partial charge in [-0.1, -0.05) is 0 Å². The van der Waals surface area contributed by atoms with Crippen LogP contribution in [0.3, 0.4) is 0 Å². The Morgan fingerprint density at radius 2 is 1.88 bits per heavy atom. The predicted octanol–water partition coefficient (Wildman–Crippen LogP) is -0.233. The Morgan fingerprint density at radius 3 is 2.24 bits per heavy atom. The Labute approximate surface area is 96.8 Å². The van der Waals surface area contributed by atoms with Crippen LogP contribution in [0.1, 0.15) is 6.92 Å². The third kappa shape index (κ3) is 6.44. The zero-order valence-corrected chi connectivity index (χ0v) is 9.62. The Hall–Kier alpha value is -0.860. The standard InChI is InChI=1S/C9H16F3NO4/c1-8(16,7(15)17-2)5-13(3-4-14)6-9(10,11)12/h14,16H,3-6H2,1-2H3. The summed E-state index contributed by atoms with van der Waals surface area (Å²) in [6, 6.07) is 0. The van der Waals surface area contributed by atoms with Crippen LogP contribution in [0.25, 0.3) is 0 Å². The van der Waals surface area contributed by atoms with Gasteiger partial charge in [-0.3, -0.25) is 4.90 Å². The maximum atomic E-state index is 12.2. The van der Waals surface area contributed by atoms with E-state index in [1.807, 2.05) is 0 Å². The molecular formula is C9H16F3NO4. The van der Waals surface area contributed by atoms with Crippen LogP contribution in [0.2, 0.25) is 0 Å². The zero-order chi connectivity index (χ0) is 13.7.